The van der Waals surface area contributed by atoms with Gasteiger partial charge in [0.05, 0.1) is 12.0 Å². The number of hydrogen-bond acceptors (Lipinski definition) is 5. The SMILES string of the molecule is Cc1cc(Oc2nc(C(C)(C)C)ns2)c(C)cc1/N=C/N1CCCCC1. The van der Waals surface area contributed by atoms with Gasteiger partial charge in [0.1, 0.15) is 5.75 Å². The minimum atomic E-state index is -0.0733. The van der Waals surface area contributed by atoms with Gasteiger partial charge in [-0.15, -0.1) is 0 Å². The van der Waals surface area contributed by atoms with Crippen LogP contribution in [0.15, 0.2) is 17.1 Å². The fourth-order valence-electron chi connectivity index (χ4n) is 2.85. The molecule has 140 valence electrons. The predicted octanol–water partition coefficient (Wildman–Crippen LogP) is 5.39. The van der Waals surface area contributed by atoms with Gasteiger partial charge < -0.3 is 9.64 Å². The average Bonchev–Trinajstić information content (AvgIpc) is 3.06. The zero-order valence-electron chi connectivity index (χ0n) is 16.4. The number of benzene rings is 1. The van der Waals surface area contributed by atoms with Crippen LogP contribution in [0.4, 0.5) is 5.69 Å². The van der Waals surface area contributed by atoms with Crippen molar-refractivity contribution in [1.29, 1.82) is 0 Å². The van der Waals surface area contributed by atoms with E-state index in [1.165, 1.54) is 30.8 Å². The van der Waals surface area contributed by atoms with E-state index in [4.69, 9.17) is 9.73 Å². The van der Waals surface area contributed by atoms with Crippen molar-refractivity contribution in [2.24, 2.45) is 4.99 Å². The minimum Gasteiger partial charge on any atom is -0.430 e. The molecule has 0 atom stereocenters. The van der Waals surface area contributed by atoms with Crippen LogP contribution in [0, 0.1) is 13.8 Å². The van der Waals surface area contributed by atoms with Crippen LogP contribution in [0.5, 0.6) is 10.9 Å². The Hall–Kier alpha value is -1.95. The van der Waals surface area contributed by atoms with Crippen LogP contribution in [0.25, 0.3) is 0 Å². The van der Waals surface area contributed by atoms with Gasteiger partial charge in [0.25, 0.3) is 5.19 Å². The van der Waals surface area contributed by atoms with Gasteiger partial charge in [-0.25, -0.2) is 4.99 Å². The van der Waals surface area contributed by atoms with E-state index >= 15 is 0 Å². The van der Waals surface area contributed by atoms with Gasteiger partial charge in [0.15, 0.2) is 5.82 Å². The molecule has 0 saturated carbocycles. The zero-order chi connectivity index (χ0) is 18.7. The molecule has 3 rings (SSSR count). The van der Waals surface area contributed by atoms with Crippen LogP contribution in [0.3, 0.4) is 0 Å². The van der Waals surface area contributed by atoms with Crippen LogP contribution in [0.2, 0.25) is 0 Å². The number of piperidine rings is 1. The van der Waals surface area contributed by atoms with E-state index in [-0.39, 0.29) is 5.41 Å². The molecule has 0 spiro atoms. The highest BCUT2D eigenvalue weighted by molar-refractivity contribution is 7.07. The lowest BCUT2D eigenvalue weighted by atomic mass is 9.96. The number of rotatable bonds is 4. The molecule has 1 saturated heterocycles. The van der Waals surface area contributed by atoms with E-state index in [9.17, 15) is 0 Å². The van der Waals surface area contributed by atoms with Gasteiger partial charge in [-0.3, -0.25) is 0 Å². The molecule has 0 radical (unpaired) electrons. The van der Waals surface area contributed by atoms with E-state index in [0.717, 1.165) is 41.5 Å². The Balaban J connectivity index is 1.74. The Bertz CT molecular complexity index is 786. The third-order valence-corrected chi connectivity index (χ3v) is 5.11. The molecule has 6 heteroatoms. The van der Waals surface area contributed by atoms with Gasteiger partial charge in [0.2, 0.25) is 0 Å². The molecule has 0 unspecified atom stereocenters. The maximum absolute atomic E-state index is 6.00. The summed E-state index contributed by atoms with van der Waals surface area (Å²) in [5.41, 5.74) is 3.07. The summed E-state index contributed by atoms with van der Waals surface area (Å²) in [6.07, 6.45) is 5.84. The molecule has 1 fully saturated rings. The molecule has 2 heterocycles. The molecule has 1 aliphatic heterocycles. The van der Waals surface area contributed by atoms with Gasteiger partial charge in [0, 0.05) is 30.0 Å². The molecule has 0 amide bonds. The van der Waals surface area contributed by atoms with E-state index in [0.29, 0.717) is 5.19 Å². The van der Waals surface area contributed by atoms with Crippen molar-refractivity contribution in [3.05, 3.63) is 29.1 Å². The van der Waals surface area contributed by atoms with Gasteiger partial charge in [-0.1, -0.05) is 20.8 Å². The Morgan fingerprint density at radius 2 is 1.85 bits per heavy atom. The summed E-state index contributed by atoms with van der Waals surface area (Å²) in [6.45, 7) is 12.6. The van der Waals surface area contributed by atoms with Crippen molar-refractivity contribution in [3.8, 4) is 10.9 Å². The lowest BCUT2D eigenvalue weighted by molar-refractivity contribution is 0.351. The molecule has 5 nitrogen and oxygen atoms in total. The second-order valence-corrected chi connectivity index (χ2v) is 8.70. The van der Waals surface area contributed by atoms with Crippen LogP contribution in [0.1, 0.15) is 57.0 Å². The predicted molar refractivity (Wildman–Crippen MR) is 108 cm³/mol. The van der Waals surface area contributed by atoms with Crippen molar-refractivity contribution >= 4 is 23.6 Å². The number of aliphatic imine (C=N–C) groups is 1. The highest BCUT2D eigenvalue weighted by atomic mass is 32.1. The molecule has 0 aliphatic carbocycles. The lowest BCUT2D eigenvalue weighted by Gasteiger charge is -2.23. The topological polar surface area (TPSA) is 50.6 Å². The molecular formula is C20H28N4OS. The van der Waals surface area contributed by atoms with Crippen molar-refractivity contribution in [1.82, 2.24) is 14.3 Å². The van der Waals surface area contributed by atoms with Gasteiger partial charge in [-0.2, -0.15) is 9.36 Å². The number of hydrogen-bond donors (Lipinski definition) is 0. The third-order valence-electron chi connectivity index (χ3n) is 4.52. The van der Waals surface area contributed by atoms with Gasteiger partial charge in [-0.05, 0) is 56.4 Å². The molecule has 1 aromatic heterocycles. The van der Waals surface area contributed by atoms with E-state index in [1.807, 2.05) is 19.3 Å². The summed E-state index contributed by atoms with van der Waals surface area (Å²) in [7, 11) is 0. The first-order valence-corrected chi connectivity index (χ1v) is 10.0. The Morgan fingerprint density at radius 3 is 2.50 bits per heavy atom. The van der Waals surface area contributed by atoms with E-state index in [2.05, 4.69) is 48.0 Å². The molecule has 1 aliphatic rings. The fraction of sp³-hybridized carbons (Fsp3) is 0.550. The number of aromatic nitrogens is 2. The van der Waals surface area contributed by atoms with Crippen molar-refractivity contribution in [3.63, 3.8) is 0 Å². The standard InChI is InChI=1S/C20H28N4OS/c1-14-12-17(25-19-22-18(23-26-19)20(3,4)5)15(2)11-16(14)21-13-24-9-7-6-8-10-24/h11-13H,6-10H2,1-5H3/b21-13+. The lowest BCUT2D eigenvalue weighted by Crippen LogP contribution is -2.28. The summed E-state index contributed by atoms with van der Waals surface area (Å²) < 4.78 is 10.4. The van der Waals surface area contributed by atoms with Gasteiger partial charge >= 0.3 is 0 Å². The smallest absolute Gasteiger partial charge is 0.298 e. The normalized spacial score (nSPS) is 15.7. The van der Waals surface area contributed by atoms with Crippen LogP contribution in [-0.2, 0) is 5.41 Å². The first kappa shape index (κ1) is 18.8. The zero-order valence-corrected chi connectivity index (χ0v) is 17.2. The first-order chi connectivity index (χ1) is 12.3. The van der Waals surface area contributed by atoms with E-state index in [1.54, 1.807) is 0 Å². The molecule has 0 N–H and O–H groups in total. The summed E-state index contributed by atoms with van der Waals surface area (Å²) in [5, 5.41) is 0.585. The van der Waals surface area contributed by atoms with E-state index < -0.39 is 0 Å². The molecule has 0 bridgehead atoms. The highest BCUT2D eigenvalue weighted by Crippen LogP contribution is 2.33. The number of nitrogens with zero attached hydrogens (tertiary/aromatic N) is 4. The largest absolute Gasteiger partial charge is 0.430 e. The Kier molecular flexibility index (Phi) is 5.61. The Labute approximate surface area is 160 Å². The monoisotopic (exact) mass is 372 g/mol. The summed E-state index contributed by atoms with van der Waals surface area (Å²) in [6, 6.07) is 4.12. The quantitative estimate of drug-likeness (QED) is 0.533. The maximum Gasteiger partial charge on any atom is 0.298 e. The highest BCUT2D eigenvalue weighted by Gasteiger charge is 2.20. The summed E-state index contributed by atoms with van der Waals surface area (Å²) >= 11 is 1.30. The Morgan fingerprint density at radius 1 is 1.12 bits per heavy atom. The molecule has 1 aromatic carbocycles. The maximum atomic E-state index is 6.00. The van der Waals surface area contributed by atoms with Crippen molar-refractivity contribution < 1.29 is 4.74 Å². The number of aryl methyl sites for hydroxylation is 2. The van der Waals surface area contributed by atoms with Crippen molar-refractivity contribution in [2.75, 3.05) is 13.1 Å². The fourth-order valence-corrected chi connectivity index (χ4v) is 3.58. The van der Waals surface area contributed by atoms with Crippen LogP contribution < -0.4 is 4.74 Å². The average molecular weight is 373 g/mol. The molecular weight excluding hydrogens is 344 g/mol. The molecule has 2 aromatic rings. The minimum absolute atomic E-state index is 0.0733. The second-order valence-electron chi connectivity index (χ2n) is 7.98. The second kappa shape index (κ2) is 7.74. The number of ether oxygens (including phenoxy) is 1. The van der Waals surface area contributed by atoms with Crippen LogP contribution >= 0.6 is 11.5 Å². The number of likely N-dealkylation sites (tertiary alicyclic amines) is 1. The first-order valence-electron chi connectivity index (χ1n) is 9.24. The summed E-state index contributed by atoms with van der Waals surface area (Å²) in [4.78, 5) is 11.5. The van der Waals surface area contributed by atoms with Crippen molar-refractivity contribution in [2.45, 2.75) is 59.3 Å². The molecule has 26 heavy (non-hydrogen) atoms. The third kappa shape index (κ3) is 4.61. The summed E-state index contributed by atoms with van der Waals surface area (Å²) in [5.74, 6) is 1.63. The van der Waals surface area contributed by atoms with Crippen LogP contribution in [-0.4, -0.2) is 33.7 Å².